The van der Waals surface area contributed by atoms with Crippen LogP contribution in [-0.2, 0) is 12.1 Å². The van der Waals surface area contributed by atoms with Crippen molar-refractivity contribution >= 4 is 11.6 Å². The number of aromatic nitrogens is 1. The highest BCUT2D eigenvalue weighted by Crippen LogP contribution is 2.37. The average Bonchev–Trinajstić information content (AvgIpc) is 2.39. The third-order valence-electron chi connectivity index (χ3n) is 3.40. The summed E-state index contributed by atoms with van der Waals surface area (Å²) in [7, 11) is 0. The molecular weight excluding hydrogens is 271 g/mol. The number of pyridine rings is 1. The lowest BCUT2D eigenvalue weighted by Gasteiger charge is -2.30. The van der Waals surface area contributed by atoms with Crippen molar-refractivity contribution in [1.82, 2.24) is 10.3 Å². The van der Waals surface area contributed by atoms with Gasteiger partial charge in [0, 0.05) is 12.6 Å². The van der Waals surface area contributed by atoms with E-state index in [4.69, 9.17) is 16.7 Å². The Labute approximate surface area is 116 Å². The maximum Gasteiger partial charge on any atom is 0.156 e. The molecule has 106 valence electrons. The first kappa shape index (κ1) is 14.7. The van der Waals surface area contributed by atoms with Gasteiger partial charge in [-0.25, -0.2) is 4.39 Å². The number of piperidine rings is 1. The van der Waals surface area contributed by atoms with Crippen LogP contribution in [0.1, 0.15) is 24.1 Å². The van der Waals surface area contributed by atoms with Crippen molar-refractivity contribution < 1.29 is 14.6 Å². The van der Waals surface area contributed by atoms with Gasteiger partial charge in [0.15, 0.2) is 5.67 Å². The Hall–Kier alpha value is -0.750. The molecule has 0 aromatic carbocycles. The average molecular weight is 289 g/mol. The van der Waals surface area contributed by atoms with E-state index in [-0.39, 0.29) is 23.7 Å². The Morgan fingerprint density at radius 1 is 1.47 bits per heavy atom. The van der Waals surface area contributed by atoms with Crippen molar-refractivity contribution in [3.8, 4) is 0 Å². The Morgan fingerprint density at radius 2 is 2.16 bits per heavy atom. The molecule has 2 heterocycles. The maximum absolute atomic E-state index is 14.7. The Morgan fingerprint density at radius 3 is 2.74 bits per heavy atom. The van der Waals surface area contributed by atoms with E-state index in [0.717, 1.165) is 0 Å². The van der Waals surface area contributed by atoms with Crippen LogP contribution in [0.25, 0.3) is 0 Å². The molecule has 4 nitrogen and oxygen atoms in total. The van der Waals surface area contributed by atoms with Gasteiger partial charge in [-0.15, -0.1) is 0 Å². The van der Waals surface area contributed by atoms with Crippen molar-refractivity contribution in [2.45, 2.75) is 31.0 Å². The molecule has 3 N–H and O–H groups in total. The van der Waals surface area contributed by atoms with Crippen molar-refractivity contribution in [3.63, 3.8) is 0 Å². The molecule has 1 aliphatic heterocycles. The molecule has 1 aromatic heterocycles. The van der Waals surface area contributed by atoms with Crippen LogP contribution in [0, 0.1) is 0 Å². The first-order chi connectivity index (χ1) is 9.05. The molecule has 0 amide bonds. The number of rotatable bonds is 4. The summed E-state index contributed by atoms with van der Waals surface area (Å²) >= 11 is 6.11. The number of aliphatic hydroxyl groups is 2. The zero-order valence-electron chi connectivity index (χ0n) is 10.6. The number of hydrogen-bond acceptors (Lipinski definition) is 4. The molecule has 19 heavy (non-hydrogen) atoms. The van der Waals surface area contributed by atoms with Crippen molar-refractivity contribution in [2.75, 3.05) is 19.7 Å². The minimum Gasteiger partial charge on any atom is -0.394 e. The van der Waals surface area contributed by atoms with E-state index in [1.807, 2.05) is 0 Å². The smallest absolute Gasteiger partial charge is 0.156 e. The van der Waals surface area contributed by atoms with Crippen molar-refractivity contribution in [2.24, 2.45) is 0 Å². The zero-order chi connectivity index (χ0) is 13.9. The molecule has 1 saturated heterocycles. The van der Waals surface area contributed by atoms with E-state index < -0.39 is 11.8 Å². The van der Waals surface area contributed by atoms with Gasteiger partial charge in [-0.05, 0) is 37.6 Å². The molecule has 6 heteroatoms. The molecule has 0 spiro atoms. The molecular formula is C13H18ClFN2O2. The predicted octanol–water partition coefficient (Wildman–Crippen LogP) is 1.18. The third-order valence-corrected chi connectivity index (χ3v) is 3.69. The van der Waals surface area contributed by atoms with Crippen LogP contribution in [0.3, 0.4) is 0 Å². The number of halogens is 2. The van der Waals surface area contributed by atoms with Crippen LogP contribution in [0.5, 0.6) is 0 Å². The third kappa shape index (κ3) is 3.42. The zero-order valence-corrected chi connectivity index (χ0v) is 11.3. The fourth-order valence-corrected chi connectivity index (χ4v) is 2.67. The van der Waals surface area contributed by atoms with Crippen LogP contribution in [0.15, 0.2) is 12.3 Å². The number of hydrogen-bond donors (Lipinski definition) is 3. The molecule has 1 aromatic rings. The van der Waals surface area contributed by atoms with Gasteiger partial charge in [-0.3, -0.25) is 4.98 Å². The van der Waals surface area contributed by atoms with Gasteiger partial charge in [0.25, 0.3) is 0 Å². The lowest BCUT2D eigenvalue weighted by atomic mass is 9.90. The minimum absolute atomic E-state index is 0.254. The fraction of sp³-hybridized carbons (Fsp3) is 0.615. The van der Waals surface area contributed by atoms with Crippen LogP contribution in [0.4, 0.5) is 4.39 Å². The van der Waals surface area contributed by atoms with Gasteiger partial charge in [-0.1, -0.05) is 11.6 Å². The molecule has 1 unspecified atom stereocenters. The van der Waals surface area contributed by atoms with Crippen LogP contribution in [0.2, 0.25) is 5.02 Å². The number of nitrogens with zero attached hydrogens (tertiary/aromatic N) is 1. The highest BCUT2D eigenvalue weighted by atomic mass is 35.5. The molecule has 1 aliphatic rings. The van der Waals surface area contributed by atoms with Gasteiger partial charge >= 0.3 is 0 Å². The normalized spacial score (nSPS) is 20.2. The number of nitrogens with one attached hydrogen (secondary N) is 1. The summed E-state index contributed by atoms with van der Waals surface area (Å²) < 4.78 is 14.7. The second-order valence-electron chi connectivity index (χ2n) is 4.93. The Balaban J connectivity index is 2.19. The highest BCUT2D eigenvalue weighted by Gasteiger charge is 2.36. The summed E-state index contributed by atoms with van der Waals surface area (Å²) in [6.45, 7) is 0.900. The molecule has 0 aliphatic carbocycles. The van der Waals surface area contributed by atoms with E-state index in [0.29, 0.717) is 31.5 Å². The summed E-state index contributed by atoms with van der Waals surface area (Å²) in [6, 6.07) is 1.62. The topological polar surface area (TPSA) is 65.4 Å². The lowest BCUT2D eigenvalue weighted by molar-refractivity contribution is 0.0952. The maximum atomic E-state index is 14.7. The largest absolute Gasteiger partial charge is 0.394 e. The SMILES string of the molecule is OCC(O)Cc1cnc(C2(F)CCNCC2)c(Cl)c1. The summed E-state index contributed by atoms with van der Waals surface area (Å²) in [5, 5.41) is 21.5. The van der Waals surface area contributed by atoms with Gasteiger partial charge < -0.3 is 15.5 Å². The molecule has 1 atom stereocenters. The Bertz CT molecular complexity index is 439. The van der Waals surface area contributed by atoms with E-state index in [2.05, 4.69) is 10.3 Å². The molecule has 1 fully saturated rings. The van der Waals surface area contributed by atoms with Crippen molar-refractivity contribution in [1.29, 1.82) is 0 Å². The fourth-order valence-electron chi connectivity index (χ4n) is 2.32. The predicted molar refractivity (Wildman–Crippen MR) is 70.9 cm³/mol. The molecule has 0 saturated carbocycles. The van der Waals surface area contributed by atoms with Crippen LogP contribution >= 0.6 is 11.6 Å². The summed E-state index contributed by atoms with van der Waals surface area (Å²) in [5.41, 5.74) is -0.512. The van der Waals surface area contributed by atoms with E-state index in [1.54, 1.807) is 6.07 Å². The molecule has 2 rings (SSSR count). The van der Waals surface area contributed by atoms with E-state index in [1.165, 1.54) is 6.20 Å². The van der Waals surface area contributed by atoms with Gasteiger partial charge in [0.1, 0.15) is 0 Å². The summed E-state index contributed by atoms with van der Waals surface area (Å²) in [5.74, 6) is 0. The van der Waals surface area contributed by atoms with Gasteiger partial charge in [0.05, 0.1) is 23.4 Å². The van der Waals surface area contributed by atoms with Gasteiger partial charge in [0.2, 0.25) is 0 Å². The lowest BCUT2D eigenvalue weighted by Crippen LogP contribution is -2.37. The molecule has 0 radical (unpaired) electrons. The monoisotopic (exact) mass is 288 g/mol. The highest BCUT2D eigenvalue weighted by molar-refractivity contribution is 6.31. The van der Waals surface area contributed by atoms with E-state index in [9.17, 15) is 9.50 Å². The second kappa shape index (κ2) is 6.13. The van der Waals surface area contributed by atoms with E-state index >= 15 is 0 Å². The quantitative estimate of drug-likeness (QED) is 0.778. The van der Waals surface area contributed by atoms with Crippen LogP contribution in [-0.4, -0.2) is 41.0 Å². The first-order valence-electron chi connectivity index (χ1n) is 6.38. The summed E-state index contributed by atoms with van der Waals surface area (Å²) in [4.78, 5) is 4.13. The van der Waals surface area contributed by atoms with Crippen LogP contribution < -0.4 is 5.32 Å². The number of alkyl halides is 1. The number of aliphatic hydroxyl groups excluding tert-OH is 2. The molecule has 0 bridgehead atoms. The Kier molecular flexibility index (Phi) is 4.73. The summed E-state index contributed by atoms with van der Waals surface area (Å²) in [6.07, 6.45) is 1.65. The van der Waals surface area contributed by atoms with Gasteiger partial charge in [-0.2, -0.15) is 0 Å². The minimum atomic E-state index is -1.48. The van der Waals surface area contributed by atoms with Crippen molar-refractivity contribution in [3.05, 3.63) is 28.5 Å². The first-order valence-corrected chi connectivity index (χ1v) is 6.76. The second-order valence-corrected chi connectivity index (χ2v) is 5.34. The standard InChI is InChI=1S/C13H18ClFN2O2/c14-11-6-9(5-10(19)8-18)7-17-12(11)13(15)1-3-16-4-2-13/h6-7,10,16,18-19H,1-5,8H2.